The molecule has 0 aliphatic rings. The van der Waals surface area contributed by atoms with Crippen LogP contribution in [-0.4, -0.2) is 30.0 Å². The molecule has 2 N–H and O–H groups in total. The topological polar surface area (TPSA) is 42.2 Å². The van der Waals surface area contributed by atoms with Crippen molar-refractivity contribution in [1.29, 1.82) is 0 Å². The molecule has 0 fully saturated rings. The van der Waals surface area contributed by atoms with Gasteiger partial charge in [0.2, 0.25) is 0 Å². The molecule has 0 aliphatic carbocycles. The van der Waals surface area contributed by atoms with Gasteiger partial charge in [-0.2, -0.15) is 0 Å². The maximum atomic E-state index is 5.44. The lowest BCUT2D eigenvalue weighted by molar-refractivity contribution is 0.327. The van der Waals surface area contributed by atoms with Gasteiger partial charge in [-0.1, -0.05) is 0 Å². The van der Waals surface area contributed by atoms with E-state index >= 15 is 0 Å². The summed E-state index contributed by atoms with van der Waals surface area (Å²) in [7, 11) is 2.12. The third kappa shape index (κ3) is 3.85. The first kappa shape index (κ1) is 10.6. The van der Waals surface area contributed by atoms with Crippen LogP contribution in [0.2, 0.25) is 0 Å². The standard InChI is InChI=1S/C9H17N3S/c1-8-11-6-9(13-8)7-12(2)5-3-4-10/h6H,3-5,7,10H2,1-2H3. The number of hydrogen-bond donors (Lipinski definition) is 1. The van der Waals surface area contributed by atoms with Crippen molar-refractivity contribution >= 4 is 11.3 Å². The second-order valence-electron chi connectivity index (χ2n) is 3.23. The SMILES string of the molecule is Cc1ncc(CN(C)CCCN)s1. The molecule has 0 unspecified atom stereocenters. The van der Waals surface area contributed by atoms with Crippen LogP contribution in [0.1, 0.15) is 16.3 Å². The Balaban J connectivity index is 2.31. The fourth-order valence-electron chi connectivity index (χ4n) is 1.18. The Hall–Kier alpha value is -0.450. The van der Waals surface area contributed by atoms with E-state index in [9.17, 15) is 0 Å². The Morgan fingerprint density at radius 1 is 1.62 bits per heavy atom. The predicted molar refractivity (Wildman–Crippen MR) is 56.9 cm³/mol. The van der Waals surface area contributed by atoms with E-state index < -0.39 is 0 Å². The van der Waals surface area contributed by atoms with Gasteiger partial charge in [-0.15, -0.1) is 11.3 Å². The molecule has 1 rings (SSSR count). The van der Waals surface area contributed by atoms with E-state index in [1.165, 1.54) is 4.88 Å². The van der Waals surface area contributed by atoms with Crippen LogP contribution in [0.5, 0.6) is 0 Å². The molecule has 0 amide bonds. The van der Waals surface area contributed by atoms with Gasteiger partial charge in [0.05, 0.1) is 5.01 Å². The number of aryl methyl sites for hydroxylation is 1. The first-order chi connectivity index (χ1) is 6.22. The maximum Gasteiger partial charge on any atom is 0.0897 e. The first-order valence-electron chi connectivity index (χ1n) is 4.52. The number of hydrogen-bond acceptors (Lipinski definition) is 4. The predicted octanol–water partition coefficient (Wildman–Crippen LogP) is 1.23. The smallest absolute Gasteiger partial charge is 0.0897 e. The summed E-state index contributed by atoms with van der Waals surface area (Å²) >= 11 is 1.77. The van der Waals surface area contributed by atoms with Crippen LogP contribution in [0.4, 0.5) is 0 Å². The lowest BCUT2D eigenvalue weighted by Crippen LogP contribution is -2.20. The number of nitrogens with zero attached hydrogens (tertiary/aromatic N) is 2. The second kappa shape index (κ2) is 5.32. The highest BCUT2D eigenvalue weighted by Gasteiger charge is 2.02. The Morgan fingerprint density at radius 3 is 2.92 bits per heavy atom. The van der Waals surface area contributed by atoms with Crippen molar-refractivity contribution in [1.82, 2.24) is 9.88 Å². The van der Waals surface area contributed by atoms with E-state index in [-0.39, 0.29) is 0 Å². The Morgan fingerprint density at radius 2 is 2.38 bits per heavy atom. The largest absolute Gasteiger partial charge is 0.330 e. The highest BCUT2D eigenvalue weighted by Crippen LogP contribution is 2.13. The fourth-order valence-corrected chi connectivity index (χ4v) is 2.06. The molecule has 13 heavy (non-hydrogen) atoms. The van der Waals surface area contributed by atoms with Crippen LogP contribution in [0.25, 0.3) is 0 Å². The normalized spacial score (nSPS) is 11.1. The summed E-state index contributed by atoms with van der Waals surface area (Å²) in [5, 5.41) is 1.14. The van der Waals surface area contributed by atoms with Gasteiger partial charge in [0, 0.05) is 17.6 Å². The van der Waals surface area contributed by atoms with Gasteiger partial charge in [-0.05, 0) is 33.5 Å². The van der Waals surface area contributed by atoms with Gasteiger partial charge in [0.1, 0.15) is 0 Å². The van der Waals surface area contributed by atoms with Crippen LogP contribution in [-0.2, 0) is 6.54 Å². The minimum absolute atomic E-state index is 0.770. The summed E-state index contributed by atoms with van der Waals surface area (Å²) < 4.78 is 0. The summed E-state index contributed by atoms with van der Waals surface area (Å²) in [5.74, 6) is 0. The zero-order chi connectivity index (χ0) is 9.68. The highest BCUT2D eigenvalue weighted by atomic mass is 32.1. The molecule has 0 saturated carbocycles. The lowest BCUT2D eigenvalue weighted by Gasteiger charge is -2.13. The summed E-state index contributed by atoms with van der Waals surface area (Å²) in [5.41, 5.74) is 5.44. The lowest BCUT2D eigenvalue weighted by atomic mass is 10.4. The number of thiazole rings is 1. The summed E-state index contributed by atoms with van der Waals surface area (Å²) in [4.78, 5) is 7.83. The Labute approximate surface area is 83.6 Å². The molecule has 74 valence electrons. The summed E-state index contributed by atoms with van der Waals surface area (Å²) in [6.07, 6.45) is 3.02. The number of nitrogens with two attached hydrogens (primary N) is 1. The zero-order valence-electron chi connectivity index (χ0n) is 8.29. The average Bonchev–Trinajstić information content (AvgIpc) is 2.48. The molecule has 0 atom stereocenters. The van der Waals surface area contributed by atoms with Gasteiger partial charge in [0.25, 0.3) is 0 Å². The van der Waals surface area contributed by atoms with E-state index in [1.807, 2.05) is 13.1 Å². The minimum Gasteiger partial charge on any atom is -0.330 e. The maximum absolute atomic E-state index is 5.44. The summed E-state index contributed by atoms with van der Waals surface area (Å²) in [6, 6.07) is 0. The third-order valence-corrected chi connectivity index (χ3v) is 2.74. The van der Waals surface area contributed by atoms with Crippen LogP contribution < -0.4 is 5.73 Å². The van der Waals surface area contributed by atoms with Gasteiger partial charge in [-0.3, -0.25) is 0 Å². The van der Waals surface area contributed by atoms with Crippen molar-refractivity contribution in [3.8, 4) is 0 Å². The van der Waals surface area contributed by atoms with Crippen LogP contribution in [0, 0.1) is 6.92 Å². The van der Waals surface area contributed by atoms with Crippen molar-refractivity contribution in [3.63, 3.8) is 0 Å². The average molecular weight is 199 g/mol. The van der Waals surface area contributed by atoms with Crippen molar-refractivity contribution in [2.75, 3.05) is 20.1 Å². The van der Waals surface area contributed by atoms with E-state index in [1.54, 1.807) is 11.3 Å². The molecule has 0 radical (unpaired) electrons. The molecule has 4 heteroatoms. The highest BCUT2D eigenvalue weighted by molar-refractivity contribution is 7.11. The molecule has 0 spiro atoms. The zero-order valence-corrected chi connectivity index (χ0v) is 9.10. The van der Waals surface area contributed by atoms with Crippen LogP contribution in [0.3, 0.4) is 0 Å². The van der Waals surface area contributed by atoms with Crippen LogP contribution in [0.15, 0.2) is 6.20 Å². The quantitative estimate of drug-likeness (QED) is 0.775. The van der Waals surface area contributed by atoms with E-state index in [2.05, 4.69) is 16.9 Å². The number of aromatic nitrogens is 1. The third-order valence-electron chi connectivity index (χ3n) is 1.84. The molecule has 0 aliphatic heterocycles. The van der Waals surface area contributed by atoms with E-state index in [0.29, 0.717) is 0 Å². The second-order valence-corrected chi connectivity index (χ2v) is 4.54. The van der Waals surface area contributed by atoms with Gasteiger partial charge in [0.15, 0.2) is 0 Å². The van der Waals surface area contributed by atoms with E-state index in [0.717, 1.165) is 31.1 Å². The van der Waals surface area contributed by atoms with Crippen molar-refractivity contribution in [2.24, 2.45) is 5.73 Å². The Kier molecular flexibility index (Phi) is 4.35. The molecule has 1 aromatic heterocycles. The van der Waals surface area contributed by atoms with E-state index in [4.69, 9.17) is 5.73 Å². The molecule has 0 saturated heterocycles. The summed E-state index contributed by atoms with van der Waals surface area (Å²) in [6.45, 7) is 4.86. The van der Waals surface area contributed by atoms with Crippen molar-refractivity contribution in [2.45, 2.75) is 19.9 Å². The van der Waals surface area contributed by atoms with Crippen molar-refractivity contribution in [3.05, 3.63) is 16.1 Å². The molecule has 1 heterocycles. The molecule has 3 nitrogen and oxygen atoms in total. The fraction of sp³-hybridized carbons (Fsp3) is 0.667. The Bertz CT molecular complexity index is 247. The molecular formula is C9H17N3S. The van der Waals surface area contributed by atoms with Gasteiger partial charge >= 0.3 is 0 Å². The molecule has 0 aromatic carbocycles. The molecular weight excluding hydrogens is 182 g/mol. The van der Waals surface area contributed by atoms with Crippen molar-refractivity contribution < 1.29 is 0 Å². The van der Waals surface area contributed by atoms with Gasteiger partial charge < -0.3 is 10.6 Å². The monoisotopic (exact) mass is 199 g/mol. The molecule has 0 bridgehead atoms. The number of rotatable bonds is 5. The van der Waals surface area contributed by atoms with Gasteiger partial charge in [-0.25, -0.2) is 4.98 Å². The van der Waals surface area contributed by atoms with Crippen LogP contribution >= 0.6 is 11.3 Å². The molecule has 1 aromatic rings. The minimum atomic E-state index is 0.770. The first-order valence-corrected chi connectivity index (χ1v) is 5.34.